The number of rotatable bonds is 8. The lowest BCUT2D eigenvalue weighted by Crippen LogP contribution is -2.59. The van der Waals surface area contributed by atoms with Crippen LogP contribution >= 0.6 is 0 Å². The Morgan fingerprint density at radius 2 is 1.55 bits per heavy atom. The van der Waals surface area contributed by atoms with Crippen LogP contribution < -0.4 is 10.2 Å². The van der Waals surface area contributed by atoms with Crippen molar-refractivity contribution in [3.8, 4) is 0 Å². The number of carbonyl (C=O) groups excluding carboxylic acids is 1. The van der Waals surface area contributed by atoms with Gasteiger partial charge in [-0.2, -0.15) is 44.6 Å². The average molecular weight is 547 g/mol. The van der Waals surface area contributed by atoms with Gasteiger partial charge in [0.15, 0.2) is 5.82 Å². The number of nitrogens with one attached hydrogen (secondary N) is 2. The van der Waals surface area contributed by atoms with Crippen LogP contribution in [-0.4, -0.2) is 39.6 Å². The lowest BCUT2D eigenvalue weighted by atomic mass is 9.96. The first-order chi connectivity index (χ1) is 17.7. The minimum atomic E-state index is -7.02. The van der Waals surface area contributed by atoms with Crippen LogP contribution in [0.3, 0.4) is 0 Å². The number of fused-ring (bicyclic) bond motifs is 1. The summed E-state index contributed by atoms with van der Waals surface area (Å²) in [6.07, 6.45) is -3.73. The normalized spacial score (nSPS) is 13.0. The summed E-state index contributed by atoms with van der Waals surface area (Å²) in [4.78, 5) is 16.9. The number of nitrogens with zero attached hydrogens (tertiary/aromatic N) is 3. The molecule has 15 heteroatoms. The van der Waals surface area contributed by atoms with E-state index >= 15 is 0 Å². The summed E-state index contributed by atoms with van der Waals surface area (Å²) in [6.45, 7) is 0. The van der Waals surface area contributed by atoms with Gasteiger partial charge in [0.25, 0.3) is 0 Å². The van der Waals surface area contributed by atoms with Crippen LogP contribution in [0.25, 0.3) is 10.9 Å². The molecule has 2 aromatic carbocycles. The molecule has 0 saturated carbocycles. The third kappa shape index (κ3) is 4.37. The summed E-state index contributed by atoms with van der Waals surface area (Å²) >= 11 is 0. The Morgan fingerprint density at radius 1 is 0.868 bits per heavy atom. The van der Waals surface area contributed by atoms with Gasteiger partial charge in [-0.05, 0) is 42.5 Å². The van der Waals surface area contributed by atoms with Crippen molar-refractivity contribution >= 4 is 40.2 Å². The Kier molecular flexibility index (Phi) is 6.49. The van der Waals surface area contributed by atoms with Crippen molar-refractivity contribution in [2.45, 2.75) is 23.9 Å². The first-order valence-corrected chi connectivity index (χ1v) is 10.4. The Labute approximate surface area is 207 Å². The van der Waals surface area contributed by atoms with Crippen molar-refractivity contribution in [3.63, 3.8) is 0 Å². The zero-order chi connectivity index (χ0) is 27.9. The molecule has 0 radical (unpaired) electrons. The number of aromatic amines is 1. The molecule has 2 heterocycles. The number of carbonyl (C=O) groups is 1. The van der Waals surface area contributed by atoms with Gasteiger partial charge in [-0.1, -0.05) is 12.1 Å². The van der Waals surface area contributed by atoms with Crippen molar-refractivity contribution in [1.82, 2.24) is 15.2 Å². The molecule has 6 nitrogen and oxygen atoms in total. The van der Waals surface area contributed by atoms with E-state index in [1.807, 2.05) is 0 Å². The van der Waals surface area contributed by atoms with Crippen LogP contribution in [0.5, 0.6) is 0 Å². The SMILES string of the molecule is O=CN(c1ccc(C(F)(F)C(F)(F)C(F)(F)C(F)(F)F)cc1)c1cccnc1Nc1ccc2cn[nH]c2c1. The van der Waals surface area contributed by atoms with Gasteiger partial charge in [-0.15, -0.1) is 0 Å². The number of H-pyrrole nitrogens is 1. The molecule has 4 aromatic rings. The number of hydrogen-bond acceptors (Lipinski definition) is 4. The molecule has 0 unspecified atom stereocenters. The number of hydrogen-bond donors (Lipinski definition) is 2. The Bertz CT molecular complexity index is 1450. The molecule has 1 amide bonds. The summed E-state index contributed by atoms with van der Waals surface area (Å²) in [5.41, 5.74) is -0.774. The van der Waals surface area contributed by atoms with Crippen molar-refractivity contribution in [2.24, 2.45) is 0 Å². The Balaban J connectivity index is 1.65. The van der Waals surface area contributed by atoms with Gasteiger partial charge in [0.1, 0.15) is 0 Å². The predicted octanol–water partition coefficient (Wildman–Crippen LogP) is 6.92. The van der Waals surface area contributed by atoms with Gasteiger partial charge in [0.05, 0.1) is 17.4 Å². The molecule has 0 spiro atoms. The van der Waals surface area contributed by atoms with Crippen LogP contribution in [0.4, 0.5) is 62.4 Å². The maximum Gasteiger partial charge on any atom is 0.460 e. The fourth-order valence-electron chi connectivity index (χ4n) is 3.48. The molecule has 0 fully saturated rings. The molecule has 2 N–H and O–H groups in total. The summed E-state index contributed by atoms with van der Waals surface area (Å²) < 4.78 is 120. The molecule has 4 rings (SSSR count). The van der Waals surface area contributed by atoms with Gasteiger partial charge in [0.2, 0.25) is 6.41 Å². The fourth-order valence-corrected chi connectivity index (χ4v) is 3.48. The highest BCUT2D eigenvalue weighted by Crippen LogP contribution is 2.56. The van der Waals surface area contributed by atoms with E-state index in [1.165, 1.54) is 18.3 Å². The molecular weight excluding hydrogens is 533 g/mol. The van der Waals surface area contributed by atoms with Crippen LogP contribution in [0.1, 0.15) is 5.56 Å². The van der Waals surface area contributed by atoms with Crippen LogP contribution in [0.15, 0.2) is 67.0 Å². The summed E-state index contributed by atoms with van der Waals surface area (Å²) in [5.74, 6) is -19.6. The van der Waals surface area contributed by atoms with E-state index in [0.29, 0.717) is 23.3 Å². The van der Waals surface area contributed by atoms with E-state index in [1.54, 1.807) is 24.4 Å². The van der Waals surface area contributed by atoms with Crippen molar-refractivity contribution < 1.29 is 44.3 Å². The molecule has 0 saturated heterocycles. The molecule has 38 heavy (non-hydrogen) atoms. The van der Waals surface area contributed by atoms with E-state index in [2.05, 4.69) is 20.5 Å². The van der Waals surface area contributed by atoms with E-state index < -0.39 is 29.5 Å². The fraction of sp³-hybridized carbons (Fsp3) is 0.174. The summed E-state index contributed by atoms with van der Waals surface area (Å²) in [5, 5.41) is 10.4. The number of anilines is 4. The summed E-state index contributed by atoms with van der Waals surface area (Å²) in [6, 6.07) is 9.74. The topological polar surface area (TPSA) is 73.9 Å². The number of alkyl halides is 9. The highest BCUT2D eigenvalue weighted by molar-refractivity contribution is 5.92. The number of pyridine rings is 1. The molecule has 200 valence electrons. The first-order valence-electron chi connectivity index (χ1n) is 10.4. The van der Waals surface area contributed by atoms with Gasteiger partial charge in [-0.25, -0.2) is 4.98 Å². The van der Waals surface area contributed by atoms with Gasteiger partial charge in [-0.3, -0.25) is 14.8 Å². The van der Waals surface area contributed by atoms with Crippen molar-refractivity contribution in [2.75, 3.05) is 10.2 Å². The molecule has 0 aliphatic heterocycles. The zero-order valence-corrected chi connectivity index (χ0v) is 18.6. The van der Waals surface area contributed by atoms with Gasteiger partial charge in [0, 0.05) is 28.5 Å². The van der Waals surface area contributed by atoms with E-state index in [0.717, 1.165) is 10.3 Å². The quantitative estimate of drug-likeness (QED) is 0.186. The second-order valence-corrected chi connectivity index (χ2v) is 7.91. The maximum atomic E-state index is 14.3. The van der Waals surface area contributed by atoms with Crippen LogP contribution in [-0.2, 0) is 10.7 Å². The monoisotopic (exact) mass is 547 g/mol. The maximum absolute atomic E-state index is 14.3. The Hall–Kier alpha value is -4.30. The lowest BCUT2D eigenvalue weighted by molar-refractivity contribution is -0.399. The molecule has 0 aliphatic rings. The predicted molar refractivity (Wildman–Crippen MR) is 118 cm³/mol. The molecule has 0 aliphatic carbocycles. The number of aromatic nitrogens is 3. The lowest BCUT2D eigenvalue weighted by Gasteiger charge is -2.34. The second-order valence-electron chi connectivity index (χ2n) is 7.91. The minimum Gasteiger partial charge on any atom is -0.338 e. The third-order valence-corrected chi connectivity index (χ3v) is 5.51. The van der Waals surface area contributed by atoms with E-state index in [-0.39, 0.29) is 35.7 Å². The van der Waals surface area contributed by atoms with E-state index in [4.69, 9.17) is 0 Å². The Morgan fingerprint density at radius 3 is 2.18 bits per heavy atom. The number of amides is 1. The highest BCUT2D eigenvalue weighted by Gasteiger charge is 2.82. The van der Waals surface area contributed by atoms with Gasteiger partial charge >= 0.3 is 23.9 Å². The molecule has 2 aromatic heterocycles. The molecule has 0 atom stereocenters. The standard InChI is InChI=1S/C23H14F9N5O/c24-20(25,21(26,27)22(28,29)23(30,31)32)14-4-7-16(8-5-14)37(12-38)18-2-1-9-33-19(18)35-15-6-3-13-11-34-36-17(13)10-15/h1-12H,(H,33,35)(H,34,36). The van der Waals surface area contributed by atoms with Gasteiger partial charge < -0.3 is 5.32 Å². The van der Waals surface area contributed by atoms with Crippen LogP contribution in [0.2, 0.25) is 0 Å². The average Bonchev–Trinajstić information content (AvgIpc) is 3.33. The smallest absolute Gasteiger partial charge is 0.338 e. The third-order valence-electron chi connectivity index (χ3n) is 5.51. The molecule has 0 bridgehead atoms. The second kappa shape index (κ2) is 9.22. The largest absolute Gasteiger partial charge is 0.460 e. The molecular formula is C23H14F9N5O. The van der Waals surface area contributed by atoms with Crippen molar-refractivity contribution in [3.05, 3.63) is 72.6 Å². The minimum absolute atomic E-state index is 0.0700. The van der Waals surface area contributed by atoms with Crippen molar-refractivity contribution in [1.29, 1.82) is 0 Å². The first kappa shape index (κ1) is 26.8. The highest BCUT2D eigenvalue weighted by atomic mass is 19.4. The van der Waals surface area contributed by atoms with E-state index in [9.17, 15) is 44.3 Å². The zero-order valence-electron chi connectivity index (χ0n) is 18.6. The number of benzene rings is 2. The summed E-state index contributed by atoms with van der Waals surface area (Å²) in [7, 11) is 0. The number of halogens is 9. The van der Waals surface area contributed by atoms with Crippen LogP contribution in [0, 0.1) is 0 Å².